The first kappa shape index (κ1) is 39.0. The molecule has 65 heavy (non-hydrogen) atoms. The van der Waals surface area contributed by atoms with Gasteiger partial charge in [0.2, 0.25) is 0 Å². The van der Waals surface area contributed by atoms with E-state index >= 15 is 0 Å². The summed E-state index contributed by atoms with van der Waals surface area (Å²) < 4.78 is 0. The van der Waals surface area contributed by atoms with Crippen molar-refractivity contribution in [2.24, 2.45) is 0 Å². The largest absolute Gasteiger partial charge is 0.310 e. The van der Waals surface area contributed by atoms with Crippen LogP contribution < -0.4 is 9.80 Å². The van der Waals surface area contributed by atoms with E-state index in [1.165, 1.54) is 77.2 Å². The zero-order chi connectivity index (χ0) is 43.8. The van der Waals surface area contributed by atoms with Gasteiger partial charge >= 0.3 is 0 Å². The van der Waals surface area contributed by atoms with Gasteiger partial charge in [0.15, 0.2) is 0 Å². The van der Waals surface area contributed by atoms with E-state index in [0.717, 1.165) is 34.1 Å². The van der Waals surface area contributed by atoms with Gasteiger partial charge in [0, 0.05) is 34.1 Å². The van der Waals surface area contributed by atoms with Gasteiger partial charge in [0.05, 0.1) is 5.41 Å². The Labute approximate surface area is 382 Å². The molecule has 0 bridgehead atoms. The second-order valence-electron chi connectivity index (χ2n) is 18.5. The van der Waals surface area contributed by atoms with Crippen molar-refractivity contribution in [2.45, 2.75) is 44.9 Å². The molecule has 312 valence electrons. The fraction of sp³-hybridized carbons (Fsp3) is 0.111. The van der Waals surface area contributed by atoms with Crippen LogP contribution in [-0.4, -0.2) is 0 Å². The molecule has 0 fully saturated rings. The molecule has 0 saturated carbocycles. The maximum absolute atomic E-state index is 2.52. The van der Waals surface area contributed by atoms with Crippen molar-refractivity contribution >= 4 is 55.7 Å². The molecule has 10 aromatic rings. The summed E-state index contributed by atoms with van der Waals surface area (Å²) >= 11 is 0. The number of fused-ring (bicyclic) bond motifs is 12. The van der Waals surface area contributed by atoms with E-state index in [0.29, 0.717) is 11.8 Å². The highest BCUT2D eigenvalue weighted by molar-refractivity contribution is 6.04. The summed E-state index contributed by atoms with van der Waals surface area (Å²) in [6, 6.07) is 82.0. The van der Waals surface area contributed by atoms with Crippen molar-refractivity contribution in [3.8, 4) is 22.3 Å². The molecular weight excluding hydrogens is 785 g/mol. The summed E-state index contributed by atoms with van der Waals surface area (Å²) in [5.41, 5.74) is 19.6. The monoisotopic (exact) mass is 834 g/mol. The third-order valence-electron chi connectivity index (χ3n) is 14.2. The van der Waals surface area contributed by atoms with E-state index in [9.17, 15) is 0 Å². The normalized spacial score (nSPS) is 13.0. The number of nitrogens with zero attached hydrogens (tertiary/aromatic N) is 2. The molecule has 0 aliphatic heterocycles. The summed E-state index contributed by atoms with van der Waals surface area (Å²) in [5, 5.41) is 4.92. The van der Waals surface area contributed by atoms with Gasteiger partial charge in [-0.2, -0.15) is 0 Å². The molecule has 0 amide bonds. The van der Waals surface area contributed by atoms with Crippen molar-refractivity contribution in [1.82, 2.24) is 0 Å². The van der Waals surface area contributed by atoms with Crippen LogP contribution in [0.1, 0.15) is 72.9 Å². The second kappa shape index (κ2) is 15.2. The smallest absolute Gasteiger partial charge is 0.0725 e. The molecule has 0 atom stereocenters. The molecule has 1 spiro atoms. The first-order valence-electron chi connectivity index (χ1n) is 23.1. The first-order valence-corrected chi connectivity index (χ1v) is 23.1. The van der Waals surface area contributed by atoms with Gasteiger partial charge in [-0.15, -0.1) is 0 Å². The van der Waals surface area contributed by atoms with E-state index in [1.807, 2.05) is 0 Å². The second-order valence-corrected chi connectivity index (χ2v) is 18.5. The predicted molar refractivity (Wildman–Crippen MR) is 275 cm³/mol. The summed E-state index contributed by atoms with van der Waals surface area (Å²) in [7, 11) is 0. The standard InChI is InChI=1S/C63H50N2/c1-41(2)43-23-29-51(30-24-43)64(49-15-7-5-8-16-49)53-33-27-45-37-57-58-38-46-28-34-54(65(50-17-9-6-10-18-50)52-31-25-44(26-32-52)42(3)4)36-48(46)40-62(58)63(61(57)39-47(45)35-53)59-21-13-11-19-55(59)56-20-12-14-22-60(56)63/h5-42H,1-4H3. The van der Waals surface area contributed by atoms with Crippen molar-refractivity contribution in [2.75, 3.05) is 9.80 Å². The first-order chi connectivity index (χ1) is 31.9. The Bertz CT molecular complexity index is 3190. The molecule has 0 saturated heterocycles. The molecule has 0 radical (unpaired) electrons. The van der Waals surface area contributed by atoms with Gasteiger partial charge in [-0.05, 0) is 186 Å². The van der Waals surface area contributed by atoms with Gasteiger partial charge in [-0.3, -0.25) is 0 Å². The van der Waals surface area contributed by atoms with Crippen LogP contribution in [0.5, 0.6) is 0 Å². The SMILES string of the molecule is CC(C)c1ccc(N(c2ccccc2)c2ccc3cc4c(cc3c2)C2(c3ccccc3-c3ccccc32)c2cc3cc(N(c5ccccc5)c5ccc(C(C)C)cc5)ccc3cc2-4)cc1. The highest BCUT2D eigenvalue weighted by Crippen LogP contribution is 2.64. The highest BCUT2D eigenvalue weighted by atomic mass is 15.1. The van der Waals surface area contributed by atoms with Crippen LogP contribution in [0.15, 0.2) is 218 Å². The fourth-order valence-corrected chi connectivity index (χ4v) is 10.9. The molecule has 0 N–H and O–H groups in total. The fourth-order valence-electron chi connectivity index (χ4n) is 10.9. The van der Waals surface area contributed by atoms with Crippen LogP contribution in [-0.2, 0) is 5.41 Å². The summed E-state index contributed by atoms with van der Waals surface area (Å²) in [6.07, 6.45) is 0. The number of hydrogen-bond acceptors (Lipinski definition) is 2. The molecule has 10 aromatic carbocycles. The molecule has 12 rings (SSSR count). The van der Waals surface area contributed by atoms with Crippen LogP contribution in [0.3, 0.4) is 0 Å². The van der Waals surface area contributed by atoms with Gasteiger partial charge in [-0.1, -0.05) is 149 Å². The Morgan fingerprint density at radius 1 is 0.277 bits per heavy atom. The van der Waals surface area contributed by atoms with Crippen LogP contribution in [0, 0.1) is 0 Å². The van der Waals surface area contributed by atoms with Crippen LogP contribution in [0.4, 0.5) is 34.1 Å². The van der Waals surface area contributed by atoms with Gasteiger partial charge in [0.1, 0.15) is 0 Å². The van der Waals surface area contributed by atoms with E-state index < -0.39 is 5.41 Å². The van der Waals surface area contributed by atoms with Crippen LogP contribution in [0.2, 0.25) is 0 Å². The van der Waals surface area contributed by atoms with Crippen LogP contribution in [0.25, 0.3) is 43.8 Å². The predicted octanol–water partition coefficient (Wildman–Crippen LogP) is 17.5. The Morgan fingerprint density at radius 2 is 0.631 bits per heavy atom. The summed E-state index contributed by atoms with van der Waals surface area (Å²) in [5.74, 6) is 0.936. The number of hydrogen-bond donors (Lipinski definition) is 0. The summed E-state index contributed by atoms with van der Waals surface area (Å²) in [4.78, 5) is 4.78. The number of benzene rings is 10. The third-order valence-corrected chi connectivity index (χ3v) is 14.2. The van der Waals surface area contributed by atoms with Crippen LogP contribution >= 0.6 is 0 Å². The number of para-hydroxylation sites is 2. The Balaban J connectivity index is 1.07. The molecule has 2 aliphatic carbocycles. The lowest BCUT2D eigenvalue weighted by Gasteiger charge is -2.31. The third kappa shape index (κ3) is 6.15. The Kier molecular flexibility index (Phi) is 9.14. The molecule has 0 unspecified atom stereocenters. The van der Waals surface area contributed by atoms with E-state index in [4.69, 9.17) is 0 Å². The zero-order valence-corrected chi connectivity index (χ0v) is 37.3. The van der Waals surface area contributed by atoms with Crippen molar-refractivity contribution in [3.05, 3.63) is 252 Å². The van der Waals surface area contributed by atoms with Crippen molar-refractivity contribution < 1.29 is 0 Å². The molecule has 0 aromatic heterocycles. The Morgan fingerprint density at radius 3 is 1.03 bits per heavy atom. The lowest BCUT2D eigenvalue weighted by Crippen LogP contribution is -2.25. The molecular formula is C63H50N2. The van der Waals surface area contributed by atoms with E-state index in [-0.39, 0.29) is 0 Å². The van der Waals surface area contributed by atoms with Gasteiger partial charge in [0.25, 0.3) is 0 Å². The average Bonchev–Trinajstić information content (AvgIpc) is 3.80. The van der Waals surface area contributed by atoms with Crippen molar-refractivity contribution in [1.29, 1.82) is 0 Å². The van der Waals surface area contributed by atoms with Gasteiger partial charge < -0.3 is 9.80 Å². The van der Waals surface area contributed by atoms with Gasteiger partial charge in [-0.25, -0.2) is 0 Å². The maximum Gasteiger partial charge on any atom is 0.0725 e. The lowest BCUT2D eigenvalue weighted by atomic mass is 9.70. The Hall–Kier alpha value is -7.68. The molecule has 2 heteroatoms. The highest BCUT2D eigenvalue weighted by Gasteiger charge is 2.51. The topological polar surface area (TPSA) is 6.48 Å². The average molecular weight is 835 g/mol. The maximum atomic E-state index is 2.52. The lowest BCUT2D eigenvalue weighted by molar-refractivity contribution is 0.796. The molecule has 0 heterocycles. The number of rotatable bonds is 8. The quantitative estimate of drug-likeness (QED) is 0.150. The zero-order valence-electron chi connectivity index (χ0n) is 37.3. The summed E-state index contributed by atoms with van der Waals surface area (Å²) in [6.45, 7) is 9.02. The van der Waals surface area contributed by atoms with Crippen molar-refractivity contribution in [3.63, 3.8) is 0 Å². The molecule has 2 nitrogen and oxygen atoms in total. The minimum Gasteiger partial charge on any atom is -0.310 e. The van der Waals surface area contributed by atoms with E-state index in [1.54, 1.807) is 0 Å². The van der Waals surface area contributed by atoms with E-state index in [2.05, 4.69) is 256 Å². The number of anilines is 6. The molecule has 2 aliphatic rings. The minimum absolute atomic E-state index is 0.468. The minimum atomic E-state index is -0.496.